The van der Waals surface area contributed by atoms with E-state index in [9.17, 15) is 19.2 Å². The zero-order valence-electron chi connectivity index (χ0n) is 31.3. The van der Waals surface area contributed by atoms with Crippen LogP contribution >= 0.6 is 15.9 Å². The molecule has 0 atom stereocenters. The van der Waals surface area contributed by atoms with Crippen LogP contribution in [0.3, 0.4) is 0 Å². The Labute approximate surface area is 336 Å². The van der Waals surface area contributed by atoms with Crippen molar-refractivity contribution in [3.05, 3.63) is 149 Å². The fourth-order valence-corrected chi connectivity index (χ4v) is 6.16. The summed E-state index contributed by atoms with van der Waals surface area (Å²) in [4.78, 5) is 46.6. The molecule has 11 nitrogen and oxygen atoms in total. The van der Waals surface area contributed by atoms with Crippen LogP contribution < -0.4 is 74.1 Å². The number of hydrogen-bond donors (Lipinski definition) is 0. The topological polar surface area (TPSA) is 147 Å². The second-order valence-corrected chi connectivity index (χ2v) is 12.0. The van der Waals surface area contributed by atoms with Crippen LogP contribution in [0.25, 0.3) is 43.1 Å². The molecule has 0 aliphatic rings. The predicted molar refractivity (Wildman–Crippen MR) is 214 cm³/mol. The van der Waals surface area contributed by atoms with Gasteiger partial charge in [0.1, 0.15) is 34.5 Å². The molecule has 0 saturated heterocycles. The maximum Gasteiger partial charge on any atom is 1.00 e. The monoisotopic (exact) mass is 802 g/mol. The van der Waals surface area contributed by atoms with Crippen molar-refractivity contribution in [2.75, 3.05) is 42.7 Å². The summed E-state index contributed by atoms with van der Waals surface area (Å²) in [5.74, 6) is 4.80. The predicted octanol–water partition coefficient (Wildman–Crippen LogP) is 3.30. The van der Waals surface area contributed by atoms with Crippen LogP contribution in [0, 0.1) is 0 Å². The molecular weight excluding hydrogens is 767 g/mol. The first kappa shape index (κ1) is 43.6. The summed E-state index contributed by atoms with van der Waals surface area (Å²) in [6, 6.07) is 24.6. The van der Waals surface area contributed by atoms with Crippen LogP contribution in [-0.4, -0.2) is 42.7 Å². The van der Waals surface area contributed by atoms with E-state index in [1.165, 1.54) is 36.4 Å². The normalized spacial score (nSPS) is 10.0. The molecule has 0 unspecified atom stereocenters. The van der Waals surface area contributed by atoms with Crippen molar-refractivity contribution in [3.8, 4) is 34.5 Å². The van der Waals surface area contributed by atoms with E-state index in [4.69, 9.17) is 33.5 Å². The second kappa shape index (κ2) is 20.0. The quantitative estimate of drug-likeness (QED) is 0.139. The third-order valence-corrected chi connectivity index (χ3v) is 8.84. The molecule has 0 spiro atoms. The molecule has 0 radical (unpaired) electrons. The molecule has 278 valence electrons. The fourth-order valence-electron chi connectivity index (χ4n) is 5.64. The minimum absolute atomic E-state index is 0. The Balaban J connectivity index is 0.000000222. The van der Waals surface area contributed by atoms with Crippen LogP contribution in [0.5, 0.6) is 34.5 Å². The Kier molecular flexibility index (Phi) is 15.9. The molecule has 13 heteroatoms. The molecular formula is C42H36BrLiO11. The SMILES string of the molecule is C=C[O-].COc1ccc(OC)c(Br)c1.COc1ccc(OC)c2cc3c(OC)ccc(OC)c3cc12.O=c1ccc(=O)c2cc3c(=O)ccc(=O)c3cc12.[Li+]. The van der Waals surface area contributed by atoms with Gasteiger partial charge in [-0.3, -0.25) is 19.2 Å². The molecule has 0 heterocycles. The number of benzene rings is 7. The van der Waals surface area contributed by atoms with Crippen molar-refractivity contribution in [3.63, 3.8) is 0 Å². The minimum atomic E-state index is -0.331. The molecule has 7 aromatic carbocycles. The van der Waals surface area contributed by atoms with Crippen LogP contribution in [0.4, 0.5) is 0 Å². The van der Waals surface area contributed by atoms with Gasteiger partial charge in [-0.2, -0.15) is 6.26 Å². The molecule has 0 amide bonds. The number of ether oxygens (including phenoxy) is 6. The fraction of sp³-hybridized carbons (Fsp3) is 0.143. The van der Waals surface area contributed by atoms with Crippen molar-refractivity contribution in [1.29, 1.82) is 0 Å². The zero-order chi connectivity index (χ0) is 39.5. The van der Waals surface area contributed by atoms with E-state index in [2.05, 4.69) is 22.5 Å². The van der Waals surface area contributed by atoms with E-state index in [-0.39, 0.29) is 62.1 Å². The Bertz CT molecular complexity index is 2370. The van der Waals surface area contributed by atoms with E-state index in [0.717, 1.165) is 60.5 Å². The molecule has 0 aliphatic heterocycles. The summed E-state index contributed by atoms with van der Waals surface area (Å²) in [7, 11) is 9.91. The van der Waals surface area contributed by atoms with Crippen molar-refractivity contribution in [2.45, 2.75) is 0 Å². The van der Waals surface area contributed by atoms with Gasteiger partial charge in [-0.1, -0.05) is 0 Å². The average molecular weight is 804 g/mol. The van der Waals surface area contributed by atoms with Gasteiger partial charge in [-0.25, -0.2) is 0 Å². The summed E-state index contributed by atoms with van der Waals surface area (Å²) in [5, 5.41) is 13.3. The molecule has 0 fully saturated rings. The average Bonchev–Trinajstić information content (AvgIpc) is 3.19. The number of rotatable bonds is 6. The molecule has 0 aromatic heterocycles. The van der Waals surface area contributed by atoms with Crippen LogP contribution in [-0.2, 0) is 0 Å². The van der Waals surface area contributed by atoms with E-state index in [1.807, 2.05) is 54.6 Å². The third-order valence-electron chi connectivity index (χ3n) is 8.22. The van der Waals surface area contributed by atoms with E-state index >= 15 is 0 Å². The van der Waals surface area contributed by atoms with Crippen molar-refractivity contribution in [1.82, 2.24) is 0 Å². The second-order valence-electron chi connectivity index (χ2n) is 11.1. The molecule has 55 heavy (non-hydrogen) atoms. The number of halogens is 1. The summed E-state index contributed by atoms with van der Waals surface area (Å²) in [5.41, 5.74) is -1.33. The van der Waals surface area contributed by atoms with Gasteiger partial charge in [0.25, 0.3) is 0 Å². The van der Waals surface area contributed by atoms with Gasteiger partial charge < -0.3 is 33.5 Å². The number of fused-ring (bicyclic) bond motifs is 4. The van der Waals surface area contributed by atoms with Crippen molar-refractivity contribution < 1.29 is 52.4 Å². The molecule has 0 saturated carbocycles. The number of methoxy groups -OCH3 is 6. The first-order valence-corrected chi connectivity index (χ1v) is 16.8. The summed E-state index contributed by atoms with van der Waals surface area (Å²) in [6.45, 7) is 2.81. The van der Waals surface area contributed by atoms with Gasteiger partial charge in [0.2, 0.25) is 0 Å². The van der Waals surface area contributed by atoms with Crippen LogP contribution in [0.15, 0.2) is 127 Å². The van der Waals surface area contributed by atoms with E-state index in [1.54, 1.807) is 42.7 Å². The third kappa shape index (κ3) is 9.66. The van der Waals surface area contributed by atoms with Gasteiger partial charge in [0.15, 0.2) is 21.7 Å². The van der Waals surface area contributed by atoms with Gasteiger partial charge in [0.05, 0.1) is 47.1 Å². The standard InChI is InChI=1S/C18H18O4.C14H6O4.C8H9BrO2.C2H4O.Li/c1-19-15-5-6-16(20-2)12-10-14-13(9-11(12)15)17(21-3)7-8-18(14)22-4;15-11-1-2-12(16)8-6-10-9(5-7(8)11)13(17)3-4-14(10)18;1-10-6-3-4-8(11-2)7(9)5-6;1-2-3;/h5-10H,1-4H3;1-6H;3-5H,1-2H3;2-3H,1H2;/q;;;;+1/p-1. The van der Waals surface area contributed by atoms with E-state index in [0.29, 0.717) is 6.26 Å². The Morgan fingerprint density at radius 1 is 0.436 bits per heavy atom. The zero-order valence-corrected chi connectivity index (χ0v) is 32.9. The van der Waals surface area contributed by atoms with Crippen molar-refractivity contribution >= 4 is 59.0 Å². The minimum Gasteiger partial charge on any atom is -0.878 e. The van der Waals surface area contributed by atoms with Crippen molar-refractivity contribution in [2.24, 2.45) is 0 Å². The van der Waals surface area contributed by atoms with Crippen LogP contribution in [0.2, 0.25) is 0 Å². The van der Waals surface area contributed by atoms with Gasteiger partial charge >= 0.3 is 18.9 Å². The molecule has 0 bridgehead atoms. The van der Waals surface area contributed by atoms with Gasteiger partial charge in [-0.05, 0) is 107 Å². The molecule has 0 N–H and O–H groups in total. The van der Waals surface area contributed by atoms with E-state index < -0.39 is 0 Å². The van der Waals surface area contributed by atoms with Gasteiger partial charge in [-0.15, -0.1) is 6.58 Å². The maximum atomic E-state index is 11.7. The first-order chi connectivity index (χ1) is 26.0. The molecule has 7 rings (SSSR count). The Morgan fingerprint density at radius 2 is 0.691 bits per heavy atom. The largest absolute Gasteiger partial charge is 1.00 e. The number of hydrogen-bond acceptors (Lipinski definition) is 11. The van der Waals surface area contributed by atoms with Crippen LogP contribution in [0.1, 0.15) is 0 Å². The Hall–Kier alpha value is -5.80. The smallest absolute Gasteiger partial charge is 0.878 e. The molecule has 7 aromatic rings. The maximum absolute atomic E-state index is 11.7. The summed E-state index contributed by atoms with van der Waals surface area (Å²) >= 11 is 3.34. The Morgan fingerprint density at radius 3 is 0.927 bits per heavy atom. The summed E-state index contributed by atoms with van der Waals surface area (Å²) < 4.78 is 32.9. The first-order valence-electron chi connectivity index (χ1n) is 16.0. The summed E-state index contributed by atoms with van der Waals surface area (Å²) in [6.07, 6.45) is 0.500. The molecule has 0 aliphatic carbocycles. The van der Waals surface area contributed by atoms with Gasteiger partial charge in [0, 0.05) is 43.1 Å².